The Balaban J connectivity index is 1.77. The van der Waals surface area contributed by atoms with E-state index in [1.807, 2.05) is 11.6 Å². The summed E-state index contributed by atoms with van der Waals surface area (Å²) in [6.07, 6.45) is 3.00. The van der Waals surface area contributed by atoms with E-state index in [-0.39, 0.29) is 11.2 Å². The Morgan fingerprint density at radius 3 is 2.62 bits per heavy atom. The number of aromatic nitrogens is 3. The normalized spacial score (nSPS) is 17.7. The molecule has 1 aromatic heterocycles. The summed E-state index contributed by atoms with van der Waals surface area (Å²) in [6, 6.07) is 8.43. The van der Waals surface area contributed by atoms with Crippen LogP contribution in [0.2, 0.25) is 0 Å². The van der Waals surface area contributed by atoms with Crippen LogP contribution in [0.1, 0.15) is 33.1 Å². The van der Waals surface area contributed by atoms with Crippen molar-refractivity contribution >= 4 is 23.4 Å². The molecule has 2 heterocycles. The first-order valence-electron chi connectivity index (χ1n) is 9.33. The summed E-state index contributed by atoms with van der Waals surface area (Å²) in [4.78, 5) is 14.5. The molecule has 0 spiro atoms. The third-order valence-electron chi connectivity index (χ3n) is 4.82. The van der Waals surface area contributed by atoms with Crippen molar-refractivity contribution in [1.82, 2.24) is 20.1 Å². The molecule has 1 aromatic carbocycles. The van der Waals surface area contributed by atoms with Gasteiger partial charge in [-0.3, -0.25) is 4.79 Å². The predicted molar refractivity (Wildman–Crippen MR) is 107 cm³/mol. The molecule has 26 heavy (non-hydrogen) atoms. The number of carbonyl (C=O) groups excluding carboxylic acids is 1. The number of nitrogens with one attached hydrogen (secondary N) is 1. The van der Waals surface area contributed by atoms with Gasteiger partial charge >= 0.3 is 0 Å². The van der Waals surface area contributed by atoms with Crippen molar-refractivity contribution in [3.63, 3.8) is 0 Å². The van der Waals surface area contributed by atoms with Gasteiger partial charge in [-0.15, -0.1) is 10.2 Å². The zero-order valence-corrected chi connectivity index (χ0v) is 16.6. The summed E-state index contributed by atoms with van der Waals surface area (Å²) >= 11 is 1.51. The summed E-state index contributed by atoms with van der Waals surface area (Å²) in [5.74, 6) is 0.938. The van der Waals surface area contributed by atoms with Crippen LogP contribution in [0.4, 0.5) is 5.69 Å². The highest BCUT2D eigenvalue weighted by Gasteiger charge is 2.24. The van der Waals surface area contributed by atoms with Gasteiger partial charge in [0, 0.05) is 37.9 Å². The summed E-state index contributed by atoms with van der Waals surface area (Å²) in [6.45, 7) is 7.08. The molecule has 0 saturated carbocycles. The monoisotopic (exact) mass is 373 g/mol. The highest BCUT2D eigenvalue weighted by Crippen LogP contribution is 2.29. The number of hydrogen-bond donors (Lipinski definition) is 1. The van der Waals surface area contributed by atoms with E-state index in [9.17, 15) is 4.79 Å². The molecule has 2 aromatic rings. The quantitative estimate of drug-likeness (QED) is 0.843. The number of nitrogens with zero attached hydrogens (tertiary/aromatic N) is 4. The lowest BCUT2D eigenvalue weighted by Gasteiger charge is -2.21. The fraction of sp³-hybridized carbons (Fsp3) is 0.526. The Hall–Kier alpha value is -2.02. The smallest absolute Gasteiger partial charge is 0.233 e. The van der Waals surface area contributed by atoms with Gasteiger partial charge in [-0.2, -0.15) is 0 Å². The SMILES string of the molecule is CCN(CC)c1ccc(-c2nnc(SC3CCCCNC3=O)n2C)cc1. The van der Waals surface area contributed by atoms with E-state index < -0.39 is 0 Å². The van der Waals surface area contributed by atoms with Crippen LogP contribution in [-0.2, 0) is 11.8 Å². The van der Waals surface area contributed by atoms with Gasteiger partial charge in [-0.1, -0.05) is 18.2 Å². The second kappa shape index (κ2) is 8.58. The van der Waals surface area contributed by atoms with Crippen LogP contribution >= 0.6 is 11.8 Å². The van der Waals surface area contributed by atoms with Gasteiger partial charge in [0.15, 0.2) is 11.0 Å². The third kappa shape index (κ3) is 4.03. The van der Waals surface area contributed by atoms with Crippen LogP contribution < -0.4 is 10.2 Å². The van der Waals surface area contributed by atoms with Crippen LogP contribution in [0.3, 0.4) is 0 Å². The van der Waals surface area contributed by atoms with Crippen molar-refractivity contribution in [1.29, 1.82) is 0 Å². The zero-order valence-electron chi connectivity index (χ0n) is 15.7. The standard InChI is InChI=1S/C19H27N5OS/c1-4-24(5-2)15-11-9-14(10-12-15)17-21-22-19(23(17)3)26-16-8-6-7-13-20-18(16)25/h9-12,16H,4-8,13H2,1-3H3,(H,20,25). The van der Waals surface area contributed by atoms with Crippen molar-refractivity contribution in [3.8, 4) is 11.4 Å². The maximum absolute atomic E-state index is 12.2. The van der Waals surface area contributed by atoms with Gasteiger partial charge in [-0.05, 0) is 51.0 Å². The van der Waals surface area contributed by atoms with Crippen LogP contribution in [-0.4, -0.2) is 45.6 Å². The van der Waals surface area contributed by atoms with E-state index in [4.69, 9.17) is 0 Å². The molecule has 1 atom stereocenters. The fourth-order valence-corrected chi connectivity index (χ4v) is 4.29. The number of amides is 1. The molecule has 1 saturated heterocycles. The van der Waals surface area contributed by atoms with Crippen molar-refractivity contribution < 1.29 is 4.79 Å². The minimum absolute atomic E-state index is 0.0849. The number of benzene rings is 1. The Labute approximate surface area is 159 Å². The lowest BCUT2D eigenvalue weighted by molar-refractivity contribution is -0.120. The van der Waals surface area contributed by atoms with E-state index in [1.54, 1.807) is 0 Å². The molecule has 1 amide bonds. The lowest BCUT2D eigenvalue weighted by Crippen LogP contribution is -2.30. The molecule has 140 valence electrons. The summed E-state index contributed by atoms with van der Waals surface area (Å²) in [5.41, 5.74) is 2.25. The highest BCUT2D eigenvalue weighted by atomic mass is 32.2. The van der Waals surface area contributed by atoms with E-state index >= 15 is 0 Å². The van der Waals surface area contributed by atoms with Gasteiger partial charge in [0.05, 0.1) is 5.25 Å². The second-order valence-electron chi connectivity index (χ2n) is 6.48. The molecule has 1 aliphatic rings. The Morgan fingerprint density at radius 1 is 1.19 bits per heavy atom. The average molecular weight is 374 g/mol. The number of anilines is 1. The third-order valence-corrected chi connectivity index (χ3v) is 6.12. The van der Waals surface area contributed by atoms with Crippen molar-refractivity contribution in [2.75, 3.05) is 24.5 Å². The number of carbonyl (C=O) groups is 1. The topological polar surface area (TPSA) is 63.1 Å². The largest absolute Gasteiger partial charge is 0.372 e. The molecule has 7 heteroatoms. The van der Waals surface area contributed by atoms with Crippen LogP contribution in [0, 0.1) is 0 Å². The van der Waals surface area contributed by atoms with Crippen molar-refractivity contribution in [3.05, 3.63) is 24.3 Å². The molecule has 0 bridgehead atoms. The molecule has 0 aliphatic carbocycles. The summed E-state index contributed by atoms with van der Waals surface area (Å²) in [5, 5.41) is 12.4. The van der Waals surface area contributed by atoms with Crippen LogP contribution in [0.5, 0.6) is 0 Å². The van der Waals surface area contributed by atoms with Crippen LogP contribution in [0.25, 0.3) is 11.4 Å². The zero-order chi connectivity index (χ0) is 18.5. The van der Waals surface area contributed by atoms with E-state index in [2.05, 4.69) is 58.5 Å². The highest BCUT2D eigenvalue weighted by molar-refractivity contribution is 8.00. The maximum Gasteiger partial charge on any atom is 0.233 e. The number of thioether (sulfide) groups is 1. The van der Waals surface area contributed by atoms with E-state index in [1.165, 1.54) is 17.4 Å². The molecular weight excluding hydrogens is 346 g/mol. The fourth-order valence-electron chi connectivity index (χ4n) is 3.23. The Morgan fingerprint density at radius 2 is 1.92 bits per heavy atom. The van der Waals surface area contributed by atoms with E-state index in [0.29, 0.717) is 0 Å². The van der Waals surface area contributed by atoms with Gasteiger partial charge in [-0.25, -0.2) is 0 Å². The second-order valence-corrected chi connectivity index (χ2v) is 7.65. The Kier molecular flexibility index (Phi) is 6.19. The maximum atomic E-state index is 12.2. The van der Waals surface area contributed by atoms with Crippen molar-refractivity contribution in [2.24, 2.45) is 7.05 Å². The molecule has 1 unspecified atom stereocenters. The van der Waals surface area contributed by atoms with Crippen molar-refractivity contribution in [2.45, 2.75) is 43.5 Å². The molecule has 1 fully saturated rings. The van der Waals surface area contributed by atoms with Gasteiger partial charge < -0.3 is 14.8 Å². The number of rotatable bonds is 6. The molecule has 3 rings (SSSR count). The van der Waals surface area contributed by atoms with Gasteiger partial charge in [0.25, 0.3) is 0 Å². The average Bonchev–Trinajstić information content (AvgIpc) is 2.89. The first-order chi connectivity index (χ1) is 12.6. The minimum Gasteiger partial charge on any atom is -0.372 e. The summed E-state index contributed by atoms with van der Waals surface area (Å²) < 4.78 is 1.98. The van der Waals surface area contributed by atoms with E-state index in [0.717, 1.165) is 55.4 Å². The van der Waals surface area contributed by atoms with Crippen LogP contribution in [0.15, 0.2) is 29.4 Å². The summed E-state index contributed by atoms with van der Waals surface area (Å²) in [7, 11) is 1.96. The molecule has 0 radical (unpaired) electrons. The molecule has 6 nitrogen and oxygen atoms in total. The molecular formula is C19H27N5OS. The molecule has 1 N–H and O–H groups in total. The predicted octanol–water partition coefficient (Wildman–Crippen LogP) is 3.09. The first kappa shape index (κ1) is 18.8. The lowest BCUT2D eigenvalue weighted by atomic mass is 10.2. The Bertz CT molecular complexity index is 739. The van der Waals surface area contributed by atoms with Gasteiger partial charge in [0.1, 0.15) is 0 Å². The molecule has 1 aliphatic heterocycles. The number of hydrogen-bond acceptors (Lipinski definition) is 5. The minimum atomic E-state index is -0.0849. The first-order valence-corrected chi connectivity index (χ1v) is 10.2. The van der Waals surface area contributed by atoms with Gasteiger partial charge in [0.2, 0.25) is 5.91 Å².